The molecule has 8 nitrogen and oxygen atoms in total. The van der Waals surface area contributed by atoms with E-state index in [1.54, 1.807) is 37.7 Å². The number of rotatable bonds is 9. The fourth-order valence-electron chi connectivity index (χ4n) is 4.88. The largest absolute Gasteiger partial charge is 0.493 e. The Kier molecular flexibility index (Phi) is 9.03. The Hall–Kier alpha value is -4.34. The van der Waals surface area contributed by atoms with Gasteiger partial charge in [0.15, 0.2) is 16.3 Å². The number of ether oxygens (including phenoxy) is 3. The minimum Gasteiger partial charge on any atom is -0.493 e. The van der Waals surface area contributed by atoms with E-state index in [4.69, 9.17) is 25.8 Å². The molecular formula is C33H32ClN3O5S. The first kappa shape index (κ1) is 30.1. The molecule has 1 aliphatic rings. The van der Waals surface area contributed by atoms with Crippen molar-refractivity contribution >= 4 is 40.7 Å². The highest BCUT2D eigenvalue weighted by molar-refractivity contribution is 7.07. The van der Waals surface area contributed by atoms with Gasteiger partial charge in [-0.2, -0.15) is 0 Å². The number of methoxy groups -OCH3 is 1. The van der Waals surface area contributed by atoms with Crippen molar-refractivity contribution in [3.05, 3.63) is 119 Å². The number of halogens is 1. The number of carbonyl (C=O) groups is 1. The van der Waals surface area contributed by atoms with Gasteiger partial charge in [-0.3, -0.25) is 9.36 Å². The summed E-state index contributed by atoms with van der Waals surface area (Å²) in [5.41, 5.74) is 4.02. The summed E-state index contributed by atoms with van der Waals surface area (Å²) in [5, 5.41) is 0.627. The second-order valence-corrected chi connectivity index (χ2v) is 11.5. The summed E-state index contributed by atoms with van der Waals surface area (Å²) < 4.78 is 19.0. The van der Waals surface area contributed by atoms with Crippen molar-refractivity contribution in [2.75, 3.05) is 32.7 Å². The second-order valence-electron chi connectivity index (χ2n) is 10.1. The van der Waals surface area contributed by atoms with Crippen LogP contribution < -0.4 is 29.3 Å². The van der Waals surface area contributed by atoms with E-state index in [0.717, 1.165) is 22.4 Å². The van der Waals surface area contributed by atoms with Crippen LogP contribution in [0.4, 0.5) is 5.69 Å². The summed E-state index contributed by atoms with van der Waals surface area (Å²) in [7, 11) is 5.48. The predicted molar refractivity (Wildman–Crippen MR) is 170 cm³/mol. The van der Waals surface area contributed by atoms with Crippen LogP contribution in [-0.4, -0.2) is 38.3 Å². The molecule has 5 rings (SSSR count). The topological polar surface area (TPSA) is 82.4 Å². The average molecular weight is 618 g/mol. The molecule has 0 unspecified atom stereocenters. The summed E-state index contributed by atoms with van der Waals surface area (Å²) in [6.07, 6.45) is 1.79. The molecule has 0 bridgehead atoms. The van der Waals surface area contributed by atoms with Gasteiger partial charge in [-0.15, -0.1) is 0 Å². The van der Waals surface area contributed by atoms with E-state index in [2.05, 4.69) is 4.99 Å². The number of esters is 1. The third-order valence-electron chi connectivity index (χ3n) is 7.07. The van der Waals surface area contributed by atoms with Gasteiger partial charge in [-0.25, -0.2) is 9.79 Å². The number of aromatic nitrogens is 1. The fraction of sp³-hybridized carbons (Fsp3) is 0.242. The van der Waals surface area contributed by atoms with Crippen molar-refractivity contribution in [3.8, 4) is 11.5 Å². The van der Waals surface area contributed by atoms with E-state index in [-0.39, 0.29) is 18.8 Å². The van der Waals surface area contributed by atoms with E-state index < -0.39 is 12.0 Å². The predicted octanol–water partition coefficient (Wildman–Crippen LogP) is 5.11. The molecule has 3 aromatic carbocycles. The number of thiazole rings is 1. The lowest BCUT2D eigenvalue weighted by atomic mass is 9.95. The number of anilines is 1. The zero-order chi connectivity index (χ0) is 30.7. The van der Waals surface area contributed by atoms with Crippen molar-refractivity contribution in [1.82, 2.24) is 4.57 Å². The first-order chi connectivity index (χ1) is 20.7. The number of hydrogen-bond donors (Lipinski definition) is 0. The molecular weight excluding hydrogens is 586 g/mol. The maximum atomic E-state index is 14.0. The average Bonchev–Trinajstić information content (AvgIpc) is 3.30. The molecule has 1 atom stereocenters. The molecule has 4 aromatic rings. The second kappa shape index (κ2) is 12.9. The van der Waals surface area contributed by atoms with Crippen LogP contribution in [-0.2, 0) is 16.1 Å². The van der Waals surface area contributed by atoms with Crippen molar-refractivity contribution in [2.24, 2.45) is 4.99 Å². The molecule has 0 N–H and O–H groups in total. The first-order valence-corrected chi connectivity index (χ1v) is 14.9. The van der Waals surface area contributed by atoms with E-state index in [0.29, 0.717) is 37.1 Å². The van der Waals surface area contributed by atoms with Crippen LogP contribution in [0, 0.1) is 0 Å². The van der Waals surface area contributed by atoms with E-state index in [9.17, 15) is 9.59 Å². The summed E-state index contributed by atoms with van der Waals surface area (Å²) in [6, 6.07) is 20.1. The Morgan fingerprint density at radius 1 is 1.09 bits per heavy atom. The zero-order valence-corrected chi connectivity index (χ0v) is 26.2. The van der Waals surface area contributed by atoms with Crippen LogP contribution in [0.3, 0.4) is 0 Å². The Balaban J connectivity index is 1.55. The van der Waals surface area contributed by atoms with Crippen LogP contribution in [0.5, 0.6) is 11.5 Å². The molecule has 222 valence electrons. The Labute approximate surface area is 258 Å². The van der Waals surface area contributed by atoms with Gasteiger partial charge in [0.2, 0.25) is 0 Å². The highest BCUT2D eigenvalue weighted by Crippen LogP contribution is 2.32. The number of nitrogens with zero attached hydrogens (tertiary/aromatic N) is 3. The summed E-state index contributed by atoms with van der Waals surface area (Å²) in [5.74, 6) is 0.585. The molecule has 0 amide bonds. The Morgan fingerprint density at radius 2 is 1.84 bits per heavy atom. The highest BCUT2D eigenvalue weighted by Gasteiger charge is 2.33. The van der Waals surface area contributed by atoms with E-state index in [1.165, 1.54) is 11.3 Å². The standard InChI is InChI=1S/C33H32ClN3O5S/c1-6-41-32(39)29-20(2)35-33-37(30(29)22-12-14-24(15-13-22)36(3)4)31(38)28(43-33)18-21-11-16-26(27(17-21)40-5)42-19-23-9-7-8-10-25(23)34/h7-18,30H,6,19H2,1-5H3/b28-18-/t30-/m0/s1. The van der Waals surface area contributed by atoms with Gasteiger partial charge < -0.3 is 19.1 Å². The highest BCUT2D eigenvalue weighted by atomic mass is 35.5. The number of benzene rings is 3. The molecule has 0 saturated carbocycles. The minimum atomic E-state index is -0.677. The molecule has 0 saturated heterocycles. The van der Waals surface area contributed by atoms with Gasteiger partial charge in [0.25, 0.3) is 5.56 Å². The van der Waals surface area contributed by atoms with Crippen LogP contribution in [0.2, 0.25) is 5.02 Å². The molecule has 0 spiro atoms. The van der Waals surface area contributed by atoms with Gasteiger partial charge in [-0.05, 0) is 61.4 Å². The fourth-order valence-corrected chi connectivity index (χ4v) is 6.11. The lowest BCUT2D eigenvalue weighted by Gasteiger charge is -2.25. The van der Waals surface area contributed by atoms with Crippen molar-refractivity contribution in [2.45, 2.75) is 26.5 Å². The number of hydrogen-bond acceptors (Lipinski definition) is 8. The van der Waals surface area contributed by atoms with E-state index in [1.807, 2.05) is 79.7 Å². The van der Waals surface area contributed by atoms with Gasteiger partial charge >= 0.3 is 5.97 Å². The lowest BCUT2D eigenvalue weighted by molar-refractivity contribution is -0.139. The third-order valence-corrected chi connectivity index (χ3v) is 8.42. The third kappa shape index (κ3) is 6.23. The van der Waals surface area contributed by atoms with Crippen molar-refractivity contribution in [3.63, 3.8) is 0 Å². The van der Waals surface area contributed by atoms with Crippen LogP contribution in [0.25, 0.3) is 6.08 Å². The SMILES string of the molecule is CCOC(=O)C1=C(C)N=c2s/c(=C\c3ccc(OCc4ccccc4Cl)c(OC)c3)c(=O)n2[C@H]1c1ccc(N(C)C)cc1. The normalized spacial score (nSPS) is 14.7. The summed E-state index contributed by atoms with van der Waals surface area (Å²) in [6.45, 7) is 4.03. The van der Waals surface area contributed by atoms with Gasteiger partial charge in [-0.1, -0.05) is 59.3 Å². The lowest BCUT2D eigenvalue weighted by Crippen LogP contribution is -2.39. The van der Waals surface area contributed by atoms with Gasteiger partial charge in [0.1, 0.15) is 6.61 Å². The molecule has 0 radical (unpaired) electrons. The molecule has 1 aliphatic heterocycles. The van der Waals surface area contributed by atoms with Crippen molar-refractivity contribution < 1.29 is 19.0 Å². The minimum absolute atomic E-state index is 0.215. The van der Waals surface area contributed by atoms with E-state index >= 15 is 0 Å². The molecule has 1 aromatic heterocycles. The summed E-state index contributed by atoms with van der Waals surface area (Å²) in [4.78, 5) is 34.3. The maximum Gasteiger partial charge on any atom is 0.338 e. The quantitative estimate of drug-likeness (QED) is 0.243. The molecule has 10 heteroatoms. The number of allylic oxidation sites excluding steroid dienone is 1. The summed E-state index contributed by atoms with van der Waals surface area (Å²) >= 11 is 7.54. The van der Waals surface area contributed by atoms with Crippen LogP contribution in [0.1, 0.15) is 36.6 Å². The number of fused-ring (bicyclic) bond motifs is 1. The molecule has 0 aliphatic carbocycles. The first-order valence-electron chi connectivity index (χ1n) is 13.7. The Morgan fingerprint density at radius 3 is 2.51 bits per heavy atom. The smallest absolute Gasteiger partial charge is 0.338 e. The molecule has 0 fully saturated rings. The van der Waals surface area contributed by atoms with Crippen LogP contribution >= 0.6 is 22.9 Å². The Bertz CT molecular complexity index is 1880. The number of carbonyl (C=O) groups excluding carboxylic acids is 1. The van der Waals surface area contributed by atoms with Crippen LogP contribution in [0.15, 0.2) is 87.8 Å². The van der Waals surface area contributed by atoms with Gasteiger partial charge in [0.05, 0.1) is 35.6 Å². The zero-order valence-electron chi connectivity index (χ0n) is 24.6. The molecule has 43 heavy (non-hydrogen) atoms. The van der Waals surface area contributed by atoms with Crippen molar-refractivity contribution in [1.29, 1.82) is 0 Å². The molecule has 2 heterocycles. The van der Waals surface area contributed by atoms with Gasteiger partial charge in [0, 0.05) is 30.4 Å². The monoisotopic (exact) mass is 617 g/mol. The maximum absolute atomic E-state index is 14.0.